The highest BCUT2D eigenvalue weighted by Crippen LogP contribution is 2.46. The normalized spacial score (nSPS) is 35.9. The second-order valence-electron chi connectivity index (χ2n) is 19.0. The standard InChI is InChI=1S/2C12H17FN2O3.C11H16FN3O3.C10H13FN2O5/c2*1-4-12(3)7(2)9(13)10(18-12)15-6-5-8(16)14-11(15)17;1-6-8(12)9(18-11(6,2)5-16)15-4-3-7(13)14-10(15)17;1-10(4-14)7(16)6(11)8(18-10)13-3-2-5(15)12-9(13)17/h2*5-7,9-10H,4H2,1-3H3,(H,14,16,17);3-4,6,8-9,16H,5H2,1-2H3,(H2,13,14,17);2-3,6-8,14,16H,4H2,1H3,(H,12,15,17)/t7-,9+,10?,12+;7-,9+,10+,12+;6-,8+,9+,11+;6-,7+,8?,10-/m0001/s1. The van der Waals surface area contributed by atoms with Crippen molar-refractivity contribution in [2.45, 2.75) is 153 Å². The van der Waals surface area contributed by atoms with E-state index in [2.05, 4.69) is 15.0 Å². The van der Waals surface area contributed by atoms with E-state index in [1.165, 1.54) is 43.7 Å². The summed E-state index contributed by atoms with van der Waals surface area (Å²) in [5.41, 5.74) is -2.76. The first kappa shape index (κ1) is 57.1. The number of anilines is 1. The molecule has 4 aliphatic rings. The molecular weight excluding hydrogens is 967 g/mol. The van der Waals surface area contributed by atoms with Crippen LogP contribution in [0.1, 0.15) is 100 Å². The van der Waals surface area contributed by atoms with E-state index in [9.17, 15) is 61.3 Å². The lowest BCUT2D eigenvalue weighted by molar-refractivity contribution is -0.117. The SMILES string of the molecule is CC[C@@]1(C)OC(n2ccc(=O)[nH]c2=O)[C@H](F)[C@@H]1C.CC[C@@]1(C)O[C@@H](n2ccc(=O)[nH]c2=O)[C@H](F)[C@@H]1C.C[C@H]1[C@@H](F)[C@H](n2ccc(N)nc2=O)O[C@]1(C)CO.C[C@]1(CO)OC(n2ccc(=O)[nH]c2=O)[C@H](F)[C@@H]1O. The van der Waals surface area contributed by atoms with Crippen LogP contribution in [0.4, 0.5) is 23.4 Å². The third kappa shape index (κ3) is 11.4. The molecule has 16 atom stereocenters. The number of alkyl halides is 4. The zero-order valence-corrected chi connectivity index (χ0v) is 41.0. The number of H-pyrrole nitrogens is 3. The van der Waals surface area contributed by atoms with Gasteiger partial charge in [-0.2, -0.15) is 4.98 Å². The quantitative estimate of drug-likeness (QED) is 0.121. The second kappa shape index (κ2) is 22.1. The molecule has 0 radical (unpaired) electrons. The highest BCUT2D eigenvalue weighted by atomic mass is 19.1. The van der Waals surface area contributed by atoms with Crippen LogP contribution in [0.5, 0.6) is 0 Å². The lowest BCUT2D eigenvalue weighted by Crippen LogP contribution is -2.42. The Morgan fingerprint density at radius 3 is 1.14 bits per heavy atom. The molecule has 400 valence electrons. The predicted octanol–water partition coefficient (Wildman–Crippen LogP) is 1.01. The van der Waals surface area contributed by atoms with Gasteiger partial charge in [0, 0.05) is 60.7 Å². The third-order valence-corrected chi connectivity index (χ3v) is 14.4. The number of nitrogens with one attached hydrogen (secondary N) is 3. The first-order valence-electron chi connectivity index (χ1n) is 23.0. The number of ether oxygens (including phenoxy) is 4. The molecule has 8 rings (SSSR count). The van der Waals surface area contributed by atoms with Gasteiger partial charge in [0.15, 0.2) is 49.6 Å². The van der Waals surface area contributed by atoms with Gasteiger partial charge in [0.2, 0.25) is 0 Å². The van der Waals surface area contributed by atoms with Crippen LogP contribution in [-0.4, -0.2) is 120 Å². The maximum absolute atomic E-state index is 14.3. The molecule has 23 nitrogen and oxygen atoms in total. The van der Waals surface area contributed by atoms with Gasteiger partial charge in [0.05, 0.1) is 30.0 Å². The Bertz CT molecular complexity index is 2710. The molecule has 4 aromatic heterocycles. The van der Waals surface area contributed by atoms with Crippen LogP contribution in [-0.2, 0) is 18.9 Å². The van der Waals surface area contributed by atoms with Crippen molar-refractivity contribution in [1.82, 2.24) is 38.2 Å². The summed E-state index contributed by atoms with van der Waals surface area (Å²) >= 11 is 0. The number of nitrogens with two attached hydrogens (primary N) is 1. The van der Waals surface area contributed by atoms with Crippen LogP contribution in [0, 0.1) is 17.8 Å². The number of aromatic nitrogens is 8. The van der Waals surface area contributed by atoms with E-state index in [1.807, 2.05) is 32.7 Å². The Labute approximate surface area is 407 Å². The fourth-order valence-corrected chi connectivity index (χ4v) is 8.47. The van der Waals surface area contributed by atoms with E-state index in [0.29, 0.717) is 12.8 Å². The van der Waals surface area contributed by atoms with Gasteiger partial charge < -0.3 is 40.0 Å². The van der Waals surface area contributed by atoms with Crippen LogP contribution < -0.4 is 45.2 Å². The number of aromatic amines is 3. The average Bonchev–Trinajstić information content (AvgIpc) is 3.90. The summed E-state index contributed by atoms with van der Waals surface area (Å²) in [5, 5.41) is 28.0. The lowest BCUT2D eigenvalue weighted by Gasteiger charge is -2.26. The van der Waals surface area contributed by atoms with Crippen molar-refractivity contribution in [3.8, 4) is 0 Å². The largest absolute Gasteiger partial charge is 0.393 e. The van der Waals surface area contributed by atoms with Gasteiger partial charge in [-0.3, -0.25) is 47.6 Å². The van der Waals surface area contributed by atoms with Crippen molar-refractivity contribution in [3.63, 3.8) is 0 Å². The molecule has 0 saturated carbocycles. The number of nitrogens with zero attached hydrogens (tertiary/aromatic N) is 5. The maximum atomic E-state index is 14.3. The molecule has 27 heteroatoms. The van der Waals surface area contributed by atoms with Gasteiger partial charge in [-0.05, 0) is 46.6 Å². The van der Waals surface area contributed by atoms with E-state index < -0.39 is 130 Å². The minimum Gasteiger partial charge on any atom is -0.393 e. The molecule has 4 fully saturated rings. The first-order valence-corrected chi connectivity index (χ1v) is 23.0. The Balaban J connectivity index is 0.000000178. The van der Waals surface area contributed by atoms with Crippen LogP contribution in [0.2, 0.25) is 0 Å². The minimum atomic E-state index is -1.88. The highest BCUT2D eigenvalue weighted by Gasteiger charge is 2.54. The molecule has 0 spiro atoms. The van der Waals surface area contributed by atoms with Crippen molar-refractivity contribution in [1.29, 1.82) is 0 Å². The van der Waals surface area contributed by atoms with Crippen LogP contribution >= 0.6 is 0 Å². The number of halogens is 4. The van der Waals surface area contributed by atoms with Gasteiger partial charge in [0.25, 0.3) is 16.7 Å². The number of hydrogen-bond acceptors (Lipinski definition) is 16. The van der Waals surface area contributed by atoms with Gasteiger partial charge in [-0.15, -0.1) is 0 Å². The molecule has 0 aromatic carbocycles. The average molecular weight is 1030 g/mol. The smallest absolute Gasteiger partial charge is 0.351 e. The van der Waals surface area contributed by atoms with Crippen molar-refractivity contribution >= 4 is 5.82 Å². The van der Waals surface area contributed by atoms with Gasteiger partial charge >= 0.3 is 22.8 Å². The van der Waals surface area contributed by atoms with Gasteiger partial charge in [0.1, 0.15) is 17.5 Å². The molecular formula is C45H63F4N9O14. The number of hydrogen-bond donors (Lipinski definition) is 7. The van der Waals surface area contributed by atoms with Gasteiger partial charge in [-0.25, -0.2) is 36.7 Å². The van der Waals surface area contributed by atoms with Crippen molar-refractivity contribution in [2.24, 2.45) is 17.8 Å². The summed E-state index contributed by atoms with van der Waals surface area (Å²) in [4.78, 5) is 89.0. The molecule has 0 bridgehead atoms. The lowest BCUT2D eigenvalue weighted by atomic mass is 9.87. The van der Waals surface area contributed by atoms with Crippen molar-refractivity contribution < 1.29 is 51.8 Å². The number of aliphatic hydroxyl groups is 3. The Kier molecular flexibility index (Phi) is 17.5. The molecule has 8 N–H and O–H groups in total. The zero-order chi connectivity index (χ0) is 54.0. The molecule has 4 aliphatic heterocycles. The summed E-state index contributed by atoms with van der Waals surface area (Å²) in [5.74, 6) is -1.09. The van der Waals surface area contributed by atoms with E-state index in [4.69, 9.17) is 29.8 Å². The van der Waals surface area contributed by atoms with Crippen molar-refractivity contribution in [3.05, 3.63) is 122 Å². The Morgan fingerprint density at radius 2 is 0.847 bits per heavy atom. The highest BCUT2D eigenvalue weighted by molar-refractivity contribution is 5.23. The fourth-order valence-electron chi connectivity index (χ4n) is 8.47. The molecule has 0 aliphatic carbocycles. The number of rotatable bonds is 8. The van der Waals surface area contributed by atoms with E-state index in [1.54, 1.807) is 27.7 Å². The van der Waals surface area contributed by atoms with Crippen molar-refractivity contribution in [2.75, 3.05) is 18.9 Å². The minimum absolute atomic E-state index is 0.0719. The second-order valence-corrected chi connectivity index (χ2v) is 19.0. The zero-order valence-electron chi connectivity index (χ0n) is 41.0. The van der Waals surface area contributed by atoms with E-state index in [-0.39, 0.29) is 24.3 Å². The molecule has 4 aromatic rings. The molecule has 8 heterocycles. The van der Waals surface area contributed by atoms with E-state index >= 15 is 0 Å². The summed E-state index contributed by atoms with van der Waals surface area (Å²) in [7, 11) is 0. The maximum Gasteiger partial charge on any atom is 0.351 e. The number of aliphatic hydroxyl groups excluding tert-OH is 3. The molecule has 2 unspecified atom stereocenters. The van der Waals surface area contributed by atoms with Crippen LogP contribution in [0.3, 0.4) is 0 Å². The first-order chi connectivity index (χ1) is 33.5. The Hall–Kier alpha value is -5.84. The van der Waals surface area contributed by atoms with E-state index in [0.717, 1.165) is 30.5 Å². The monoisotopic (exact) mass is 1030 g/mol. The fraction of sp³-hybridized carbons (Fsp3) is 0.644. The molecule has 4 saturated heterocycles. The summed E-state index contributed by atoms with van der Waals surface area (Å²) in [6.45, 7) is 14.7. The van der Waals surface area contributed by atoms with Gasteiger partial charge in [-0.1, -0.05) is 34.6 Å². The van der Waals surface area contributed by atoms with Crippen LogP contribution in [0.15, 0.2) is 82.6 Å². The summed E-state index contributed by atoms with van der Waals surface area (Å²) < 4.78 is 82.7. The molecule has 0 amide bonds. The summed E-state index contributed by atoms with van der Waals surface area (Å²) in [6, 6.07) is 4.81. The Morgan fingerprint density at radius 1 is 0.542 bits per heavy atom. The summed E-state index contributed by atoms with van der Waals surface area (Å²) in [6.07, 6.45) is -5.56. The third-order valence-electron chi connectivity index (χ3n) is 14.4. The van der Waals surface area contributed by atoms with Crippen LogP contribution in [0.25, 0.3) is 0 Å². The predicted molar refractivity (Wildman–Crippen MR) is 249 cm³/mol. The topological polar surface area (TPSA) is 323 Å². The molecule has 72 heavy (non-hydrogen) atoms. The number of nitrogen functional groups attached to an aromatic ring is 1.